The first-order valence-corrected chi connectivity index (χ1v) is 7.88. The van der Waals surface area contributed by atoms with Crippen molar-refractivity contribution < 1.29 is 9.32 Å². The topological polar surface area (TPSA) is 72.1 Å². The number of carbonyl (C=O) groups excluding carboxylic acids is 1. The van der Waals surface area contributed by atoms with E-state index < -0.39 is 0 Å². The van der Waals surface area contributed by atoms with Crippen LogP contribution in [-0.2, 0) is 11.2 Å². The zero-order chi connectivity index (χ0) is 16.4. The third kappa shape index (κ3) is 2.78. The average Bonchev–Trinajstić information content (AvgIpc) is 3.05. The van der Waals surface area contributed by atoms with Crippen molar-refractivity contribution in [1.29, 1.82) is 0 Å². The lowest BCUT2D eigenvalue weighted by Crippen LogP contribution is -2.46. The Morgan fingerprint density at radius 2 is 2.08 bits per heavy atom. The van der Waals surface area contributed by atoms with E-state index in [1.54, 1.807) is 17.3 Å². The molecule has 2 aromatic heterocycles. The summed E-state index contributed by atoms with van der Waals surface area (Å²) < 4.78 is 5.37. The summed E-state index contributed by atoms with van der Waals surface area (Å²) in [6.45, 7) is 0.723. The molecule has 0 spiro atoms. The van der Waals surface area contributed by atoms with E-state index in [4.69, 9.17) is 4.52 Å². The van der Waals surface area contributed by atoms with Gasteiger partial charge < -0.3 is 9.42 Å². The largest absolute Gasteiger partial charge is 0.337 e. The van der Waals surface area contributed by atoms with Gasteiger partial charge in [0.15, 0.2) is 0 Å². The molecule has 0 N–H and O–H groups in total. The Morgan fingerprint density at radius 3 is 2.79 bits per heavy atom. The second-order valence-electron chi connectivity index (χ2n) is 5.75. The van der Waals surface area contributed by atoms with E-state index >= 15 is 0 Å². The van der Waals surface area contributed by atoms with Gasteiger partial charge in [-0.15, -0.1) is 0 Å². The van der Waals surface area contributed by atoms with Crippen LogP contribution in [0.15, 0.2) is 59.4 Å². The van der Waals surface area contributed by atoms with Crippen molar-refractivity contribution in [1.82, 2.24) is 20.0 Å². The van der Waals surface area contributed by atoms with Gasteiger partial charge in [0.2, 0.25) is 17.6 Å². The van der Waals surface area contributed by atoms with Crippen molar-refractivity contribution >= 4 is 5.91 Å². The molecule has 1 fully saturated rings. The molecule has 0 unspecified atom stereocenters. The number of rotatable bonds is 4. The van der Waals surface area contributed by atoms with Gasteiger partial charge in [0.25, 0.3) is 0 Å². The Hall–Kier alpha value is -3.02. The van der Waals surface area contributed by atoms with Crippen molar-refractivity contribution in [2.45, 2.75) is 18.9 Å². The van der Waals surface area contributed by atoms with E-state index in [0.29, 0.717) is 18.1 Å². The Kier molecular flexibility index (Phi) is 3.78. The average molecular weight is 320 g/mol. The van der Waals surface area contributed by atoms with Crippen LogP contribution in [-0.4, -0.2) is 32.5 Å². The van der Waals surface area contributed by atoms with Gasteiger partial charge in [-0.2, -0.15) is 4.98 Å². The quantitative estimate of drug-likeness (QED) is 0.739. The highest BCUT2D eigenvalue weighted by Gasteiger charge is 2.37. The third-order valence-electron chi connectivity index (χ3n) is 4.18. The maximum atomic E-state index is 12.5. The Morgan fingerprint density at radius 1 is 1.21 bits per heavy atom. The lowest BCUT2D eigenvalue weighted by atomic mass is 10.0. The summed E-state index contributed by atoms with van der Waals surface area (Å²) in [5, 5.41) is 4.00. The first kappa shape index (κ1) is 14.6. The van der Waals surface area contributed by atoms with Crippen LogP contribution in [0.4, 0.5) is 0 Å². The molecule has 1 atom stereocenters. The summed E-state index contributed by atoms with van der Waals surface area (Å²) in [6, 6.07) is 13.3. The molecule has 1 amide bonds. The number of amides is 1. The van der Waals surface area contributed by atoms with E-state index in [0.717, 1.165) is 24.1 Å². The molecule has 0 bridgehead atoms. The maximum absolute atomic E-state index is 12.5. The number of nitrogens with zero attached hydrogens (tertiary/aromatic N) is 4. The summed E-state index contributed by atoms with van der Waals surface area (Å²) >= 11 is 0. The van der Waals surface area contributed by atoms with Gasteiger partial charge >= 0.3 is 0 Å². The molecular formula is C18H16N4O2. The Balaban J connectivity index is 1.47. The molecular weight excluding hydrogens is 304 g/mol. The highest BCUT2D eigenvalue weighted by Crippen LogP contribution is 2.33. The summed E-state index contributed by atoms with van der Waals surface area (Å²) in [4.78, 5) is 22.8. The molecule has 6 nitrogen and oxygen atoms in total. The molecule has 3 aromatic rings. The minimum absolute atomic E-state index is 0.0820. The van der Waals surface area contributed by atoms with Gasteiger partial charge in [-0.3, -0.25) is 9.78 Å². The normalized spacial score (nSPS) is 16.7. The predicted octanol–water partition coefficient (Wildman–Crippen LogP) is 2.65. The zero-order valence-electron chi connectivity index (χ0n) is 13.0. The van der Waals surface area contributed by atoms with Gasteiger partial charge in [-0.05, 0) is 24.1 Å². The molecule has 1 aromatic carbocycles. The van der Waals surface area contributed by atoms with Gasteiger partial charge in [-0.25, -0.2) is 0 Å². The minimum atomic E-state index is -0.126. The standard InChI is InChI=1S/C18H16N4O2/c23-16(11-13-5-2-1-3-6-13)22-10-8-15(22)18-20-17(21-24-18)14-7-4-9-19-12-14/h1-7,9,12,15H,8,10-11H2/t15-/m1/s1. The van der Waals surface area contributed by atoms with Crippen molar-refractivity contribution in [2.75, 3.05) is 6.54 Å². The van der Waals surface area contributed by atoms with E-state index in [2.05, 4.69) is 15.1 Å². The van der Waals surface area contributed by atoms with E-state index in [-0.39, 0.29) is 11.9 Å². The Bertz CT molecular complexity index is 832. The number of carbonyl (C=O) groups is 1. The SMILES string of the molecule is O=C(Cc1ccccc1)N1CC[C@@H]1c1nc(-c2cccnc2)no1. The molecule has 0 aliphatic carbocycles. The van der Waals surface area contributed by atoms with E-state index in [1.807, 2.05) is 42.5 Å². The second kappa shape index (κ2) is 6.23. The minimum Gasteiger partial charge on any atom is -0.337 e. The number of aromatic nitrogens is 3. The smallest absolute Gasteiger partial charge is 0.249 e. The lowest BCUT2D eigenvalue weighted by molar-refractivity contribution is -0.139. The van der Waals surface area contributed by atoms with Crippen molar-refractivity contribution in [3.05, 3.63) is 66.3 Å². The molecule has 24 heavy (non-hydrogen) atoms. The van der Waals surface area contributed by atoms with Crippen LogP contribution < -0.4 is 0 Å². The predicted molar refractivity (Wildman–Crippen MR) is 86.7 cm³/mol. The fourth-order valence-corrected chi connectivity index (χ4v) is 2.80. The van der Waals surface area contributed by atoms with Crippen LogP contribution in [0, 0.1) is 0 Å². The fourth-order valence-electron chi connectivity index (χ4n) is 2.80. The van der Waals surface area contributed by atoms with Crippen LogP contribution in [0.2, 0.25) is 0 Å². The summed E-state index contributed by atoms with van der Waals surface area (Å²) in [5.74, 6) is 1.07. The third-order valence-corrected chi connectivity index (χ3v) is 4.18. The van der Waals surface area contributed by atoms with Crippen LogP contribution >= 0.6 is 0 Å². The fraction of sp³-hybridized carbons (Fsp3) is 0.222. The molecule has 3 heterocycles. The van der Waals surface area contributed by atoms with Crippen molar-refractivity contribution in [3.8, 4) is 11.4 Å². The van der Waals surface area contributed by atoms with Crippen molar-refractivity contribution in [2.24, 2.45) is 0 Å². The van der Waals surface area contributed by atoms with Gasteiger partial charge in [0.1, 0.15) is 6.04 Å². The van der Waals surface area contributed by atoms with Crippen LogP contribution in [0.5, 0.6) is 0 Å². The highest BCUT2D eigenvalue weighted by atomic mass is 16.5. The van der Waals surface area contributed by atoms with Gasteiger partial charge in [-0.1, -0.05) is 35.5 Å². The van der Waals surface area contributed by atoms with E-state index in [1.165, 1.54) is 0 Å². The lowest BCUT2D eigenvalue weighted by Gasteiger charge is -2.38. The summed E-state index contributed by atoms with van der Waals surface area (Å²) in [6.07, 6.45) is 4.62. The number of benzene rings is 1. The number of hydrogen-bond acceptors (Lipinski definition) is 5. The zero-order valence-corrected chi connectivity index (χ0v) is 13.0. The molecule has 1 aliphatic heterocycles. The molecule has 0 saturated carbocycles. The molecule has 0 radical (unpaired) electrons. The molecule has 1 saturated heterocycles. The van der Waals surface area contributed by atoms with Gasteiger partial charge in [0.05, 0.1) is 6.42 Å². The maximum Gasteiger partial charge on any atom is 0.249 e. The van der Waals surface area contributed by atoms with Crippen LogP contribution in [0.1, 0.15) is 23.9 Å². The summed E-state index contributed by atoms with van der Waals surface area (Å²) in [7, 11) is 0. The molecule has 1 aliphatic rings. The molecule has 4 rings (SSSR count). The monoisotopic (exact) mass is 320 g/mol. The van der Waals surface area contributed by atoms with Crippen molar-refractivity contribution in [3.63, 3.8) is 0 Å². The number of pyridine rings is 1. The van der Waals surface area contributed by atoms with Crippen LogP contribution in [0.3, 0.4) is 0 Å². The Labute approximate surface area is 139 Å². The highest BCUT2D eigenvalue weighted by molar-refractivity contribution is 5.79. The second-order valence-corrected chi connectivity index (χ2v) is 5.75. The summed E-state index contributed by atoms with van der Waals surface area (Å²) in [5.41, 5.74) is 1.81. The first-order chi connectivity index (χ1) is 11.8. The molecule has 6 heteroatoms. The van der Waals surface area contributed by atoms with E-state index in [9.17, 15) is 4.79 Å². The molecule has 120 valence electrons. The number of likely N-dealkylation sites (tertiary alicyclic amines) is 1. The van der Waals surface area contributed by atoms with Gasteiger partial charge in [0, 0.05) is 24.5 Å². The number of hydrogen-bond donors (Lipinski definition) is 0. The van der Waals surface area contributed by atoms with Crippen LogP contribution in [0.25, 0.3) is 11.4 Å². The first-order valence-electron chi connectivity index (χ1n) is 7.88.